The number of hydrogen-bond acceptors (Lipinski definition) is 3. The van der Waals surface area contributed by atoms with E-state index in [-0.39, 0.29) is 0 Å². The molecule has 4 nitrogen and oxygen atoms in total. The van der Waals surface area contributed by atoms with Gasteiger partial charge in [0.2, 0.25) is 0 Å². The van der Waals surface area contributed by atoms with Crippen molar-refractivity contribution in [3.05, 3.63) is 66.0 Å². The summed E-state index contributed by atoms with van der Waals surface area (Å²) in [4.78, 5) is 13.8. The average Bonchev–Trinajstić information content (AvgIpc) is 3.10. The van der Waals surface area contributed by atoms with Crippen molar-refractivity contribution < 1.29 is 0 Å². The van der Waals surface area contributed by atoms with Crippen molar-refractivity contribution in [2.24, 2.45) is 0 Å². The summed E-state index contributed by atoms with van der Waals surface area (Å²) in [6.45, 7) is 12.8. The third-order valence-corrected chi connectivity index (χ3v) is 4.39. The van der Waals surface area contributed by atoms with Gasteiger partial charge in [0.1, 0.15) is 11.6 Å². The SMILES string of the molecule is CC.CC.CCc1nc(CC)nc(Cn2c3ccccc3c3ccccc32)n1. The Morgan fingerprint density at radius 2 is 1.00 bits per heavy atom. The van der Waals surface area contributed by atoms with E-state index >= 15 is 0 Å². The number of nitrogens with zero attached hydrogens (tertiary/aromatic N) is 4. The van der Waals surface area contributed by atoms with Crippen molar-refractivity contribution in [2.75, 3.05) is 0 Å². The molecule has 0 aliphatic carbocycles. The molecule has 0 atom stereocenters. The van der Waals surface area contributed by atoms with Crippen LogP contribution in [-0.2, 0) is 19.4 Å². The van der Waals surface area contributed by atoms with Crippen LogP contribution in [0.4, 0.5) is 0 Å². The lowest BCUT2D eigenvalue weighted by Gasteiger charge is -2.09. The van der Waals surface area contributed by atoms with Gasteiger partial charge >= 0.3 is 0 Å². The average molecular weight is 377 g/mol. The Kier molecular flexibility index (Phi) is 8.12. The molecule has 4 heteroatoms. The number of aryl methyl sites for hydroxylation is 2. The second kappa shape index (κ2) is 10.5. The van der Waals surface area contributed by atoms with E-state index in [0.717, 1.165) is 30.3 Å². The van der Waals surface area contributed by atoms with Crippen LogP contribution < -0.4 is 0 Å². The van der Waals surface area contributed by atoms with Crippen LogP contribution >= 0.6 is 0 Å². The molecule has 4 rings (SSSR count). The lowest BCUT2D eigenvalue weighted by molar-refractivity contribution is 0.723. The largest absolute Gasteiger partial charge is 0.333 e. The zero-order valence-electron chi connectivity index (χ0n) is 18.0. The Balaban J connectivity index is 0.000000660. The van der Waals surface area contributed by atoms with Crippen LogP contribution in [0.15, 0.2) is 48.5 Å². The predicted octanol–water partition coefficient (Wildman–Crippen LogP) is 6.21. The van der Waals surface area contributed by atoms with Crippen LogP contribution in [0.1, 0.15) is 59.0 Å². The standard InChI is InChI=1S/C20H20N4.2C2H6/c1-3-18-21-19(4-2)23-20(22-18)13-24-16-11-7-5-9-14(16)15-10-6-8-12-17(15)24;2*1-2/h5-12H,3-4,13H2,1-2H3;2*1-2H3. The fraction of sp³-hybridized carbons (Fsp3) is 0.375. The molecule has 0 fully saturated rings. The van der Waals surface area contributed by atoms with Gasteiger partial charge in [0, 0.05) is 34.6 Å². The molecule has 2 aromatic heterocycles. The van der Waals surface area contributed by atoms with Gasteiger partial charge in [-0.2, -0.15) is 0 Å². The Morgan fingerprint density at radius 1 is 0.607 bits per heavy atom. The third kappa shape index (κ3) is 4.38. The molecule has 148 valence electrons. The molecule has 0 spiro atoms. The first-order valence-corrected chi connectivity index (χ1v) is 10.5. The van der Waals surface area contributed by atoms with Gasteiger partial charge in [0.05, 0.1) is 6.54 Å². The second-order valence-corrected chi connectivity index (χ2v) is 5.91. The summed E-state index contributed by atoms with van der Waals surface area (Å²) < 4.78 is 2.30. The topological polar surface area (TPSA) is 43.6 Å². The van der Waals surface area contributed by atoms with E-state index in [0.29, 0.717) is 6.54 Å². The molecule has 28 heavy (non-hydrogen) atoms. The molecule has 0 aliphatic rings. The first kappa shape index (κ1) is 21.5. The van der Waals surface area contributed by atoms with E-state index in [1.54, 1.807) is 0 Å². The number of rotatable bonds is 4. The molecule has 0 unspecified atom stereocenters. The van der Waals surface area contributed by atoms with Crippen molar-refractivity contribution >= 4 is 21.8 Å². The van der Waals surface area contributed by atoms with Crippen LogP contribution in [0.3, 0.4) is 0 Å². The zero-order valence-corrected chi connectivity index (χ0v) is 18.0. The Hall–Kier alpha value is -2.75. The van der Waals surface area contributed by atoms with Crippen LogP contribution in [0.25, 0.3) is 21.8 Å². The molecular weight excluding hydrogens is 344 g/mol. The Bertz CT molecular complexity index is 942. The summed E-state index contributed by atoms with van der Waals surface area (Å²) in [5.41, 5.74) is 2.44. The quantitative estimate of drug-likeness (QED) is 0.425. The fourth-order valence-corrected chi connectivity index (χ4v) is 3.22. The Labute approximate surface area is 168 Å². The Morgan fingerprint density at radius 3 is 1.43 bits per heavy atom. The third-order valence-electron chi connectivity index (χ3n) is 4.39. The van der Waals surface area contributed by atoms with E-state index in [1.807, 2.05) is 27.7 Å². The molecule has 2 heterocycles. The molecular formula is C24H32N4. The number of fused-ring (bicyclic) bond motifs is 3. The molecule has 0 amide bonds. The van der Waals surface area contributed by atoms with E-state index < -0.39 is 0 Å². The van der Waals surface area contributed by atoms with Crippen LogP contribution in [0, 0.1) is 0 Å². The summed E-state index contributed by atoms with van der Waals surface area (Å²) in [6.07, 6.45) is 1.66. The van der Waals surface area contributed by atoms with Gasteiger partial charge in [-0.25, -0.2) is 15.0 Å². The summed E-state index contributed by atoms with van der Waals surface area (Å²) in [5.74, 6) is 2.58. The molecule has 4 aromatic rings. The number of benzene rings is 2. The van der Waals surface area contributed by atoms with Crippen molar-refractivity contribution in [2.45, 2.75) is 60.9 Å². The normalized spacial score (nSPS) is 10.2. The minimum Gasteiger partial charge on any atom is -0.333 e. The van der Waals surface area contributed by atoms with Gasteiger partial charge < -0.3 is 4.57 Å². The van der Waals surface area contributed by atoms with E-state index in [2.05, 4.69) is 81.9 Å². The minimum absolute atomic E-state index is 0.663. The molecule has 0 radical (unpaired) electrons. The number of aromatic nitrogens is 4. The van der Waals surface area contributed by atoms with Gasteiger partial charge in [0.15, 0.2) is 5.82 Å². The highest BCUT2D eigenvalue weighted by molar-refractivity contribution is 6.07. The van der Waals surface area contributed by atoms with Crippen LogP contribution in [-0.4, -0.2) is 19.5 Å². The summed E-state index contributed by atoms with van der Waals surface area (Å²) in [5, 5.41) is 2.54. The monoisotopic (exact) mass is 376 g/mol. The van der Waals surface area contributed by atoms with Gasteiger partial charge in [-0.1, -0.05) is 77.9 Å². The second-order valence-electron chi connectivity index (χ2n) is 5.91. The van der Waals surface area contributed by atoms with Gasteiger partial charge in [-0.05, 0) is 12.1 Å². The van der Waals surface area contributed by atoms with Gasteiger partial charge in [0.25, 0.3) is 0 Å². The first-order chi connectivity index (χ1) is 13.8. The highest BCUT2D eigenvalue weighted by Crippen LogP contribution is 2.29. The van der Waals surface area contributed by atoms with E-state index in [9.17, 15) is 0 Å². The fourth-order valence-electron chi connectivity index (χ4n) is 3.22. The van der Waals surface area contributed by atoms with Crippen molar-refractivity contribution in [1.82, 2.24) is 19.5 Å². The maximum absolute atomic E-state index is 4.65. The van der Waals surface area contributed by atoms with Gasteiger partial charge in [-0.15, -0.1) is 0 Å². The smallest absolute Gasteiger partial charge is 0.152 e. The molecule has 0 saturated carbocycles. The number of para-hydroxylation sites is 2. The molecule has 0 N–H and O–H groups in total. The first-order valence-electron chi connectivity index (χ1n) is 10.5. The van der Waals surface area contributed by atoms with E-state index in [1.165, 1.54) is 21.8 Å². The summed E-state index contributed by atoms with van der Waals surface area (Å²) >= 11 is 0. The van der Waals surface area contributed by atoms with Crippen LogP contribution in [0.2, 0.25) is 0 Å². The van der Waals surface area contributed by atoms with Gasteiger partial charge in [-0.3, -0.25) is 0 Å². The highest BCUT2D eigenvalue weighted by atomic mass is 15.1. The van der Waals surface area contributed by atoms with Crippen molar-refractivity contribution in [3.8, 4) is 0 Å². The van der Waals surface area contributed by atoms with Crippen molar-refractivity contribution in [1.29, 1.82) is 0 Å². The molecule has 0 saturated heterocycles. The maximum Gasteiger partial charge on any atom is 0.152 e. The molecule has 0 bridgehead atoms. The predicted molar refractivity (Wildman–Crippen MR) is 120 cm³/mol. The van der Waals surface area contributed by atoms with Crippen molar-refractivity contribution in [3.63, 3.8) is 0 Å². The maximum atomic E-state index is 4.65. The summed E-state index contributed by atoms with van der Waals surface area (Å²) in [7, 11) is 0. The minimum atomic E-state index is 0.663. The number of hydrogen-bond donors (Lipinski definition) is 0. The zero-order chi connectivity index (χ0) is 20.5. The van der Waals surface area contributed by atoms with Crippen LogP contribution in [0.5, 0.6) is 0 Å². The lowest BCUT2D eigenvalue weighted by Crippen LogP contribution is -2.10. The lowest BCUT2D eigenvalue weighted by atomic mass is 10.2. The molecule has 0 aliphatic heterocycles. The highest BCUT2D eigenvalue weighted by Gasteiger charge is 2.12. The summed E-state index contributed by atoms with van der Waals surface area (Å²) in [6, 6.07) is 17.0. The molecule has 2 aromatic carbocycles. The van der Waals surface area contributed by atoms with E-state index in [4.69, 9.17) is 0 Å².